The van der Waals surface area contributed by atoms with Gasteiger partial charge in [0.2, 0.25) is 5.95 Å². The van der Waals surface area contributed by atoms with Crippen LogP contribution in [0.5, 0.6) is 0 Å². The molecule has 6 heteroatoms. The van der Waals surface area contributed by atoms with Crippen molar-refractivity contribution in [2.24, 2.45) is 0 Å². The SMILES string of the molecule is CC(=O)c1ccc(Nc2nc(NCCCO)c3ccccc3n2)cc1. The van der Waals surface area contributed by atoms with Crippen molar-refractivity contribution in [1.82, 2.24) is 9.97 Å². The quantitative estimate of drug-likeness (QED) is 0.453. The number of aliphatic hydroxyl groups excluding tert-OH is 1. The number of aliphatic hydroxyl groups is 1. The Morgan fingerprint density at radius 1 is 1.08 bits per heavy atom. The third-order valence-electron chi connectivity index (χ3n) is 3.78. The number of benzene rings is 2. The van der Waals surface area contributed by atoms with Crippen molar-refractivity contribution in [3.05, 3.63) is 54.1 Å². The van der Waals surface area contributed by atoms with Gasteiger partial charge >= 0.3 is 0 Å². The molecule has 1 heterocycles. The number of para-hydroxylation sites is 1. The molecule has 3 N–H and O–H groups in total. The highest BCUT2D eigenvalue weighted by Gasteiger charge is 2.08. The minimum Gasteiger partial charge on any atom is -0.396 e. The van der Waals surface area contributed by atoms with Crippen molar-refractivity contribution >= 4 is 34.1 Å². The van der Waals surface area contributed by atoms with E-state index in [1.54, 1.807) is 19.1 Å². The van der Waals surface area contributed by atoms with Gasteiger partial charge in [-0.05, 0) is 49.7 Å². The third kappa shape index (κ3) is 4.10. The second-order valence-corrected chi connectivity index (χ2v) is 5.68. The first kappa shape index (κ1) is 16.9. The molecule has 0 bridgehead atoms. The molecule has 0 amide bonds. The maximum absolute atomic E-state index is 11.4. The molecular weight excluding hydrogens is 316 g/mol. The lowest BCUT2D eigenvalue weighted by atomic mass is 10.1. The highest BCUT2D eigenvalue weighted by Crippen LogP contribution is 2.23. The van der Waals surface area contributed by atoms with Gasteiger partial charge in [-0.15, -0.1) is 0 Å². The summed E-state index contributed by atoms with van der Waals surface area (Å²) < 4.78 is 0. The molecule has 0 atom stereocenters. The number of Topliss-reactive ketones (excluding diaryl/α,β-unsaturated/α-hetero) is 1. The van der Waals surface area contributed by atoms with E-state index >= 15 is 0 Å². The van der Waals surface area contributed by atoms with Crippen LogP contribution in [-0.4, -0.2) is 34.0 Å². The standard InChI is InChI=1S/C19H20N4O2/c1-13(25)14-7-9-15(10-8-14)21-19-22-17-6-3-2-5-16(17)18(23-19)20-11-4-12-24/h2-3,5-10,24H,4,11-12H2,1H3,(H2,20,21,22,23). The zero-order valence-corrected chi connectivity index (χ0v) is 14.0. The first-order chi connectivity index (χ1) is 12.2. The summed E-state index contributed by atoms with van der Waals surface area (Å²) >= 11 is 0. The minimum atomic E-state index is 0.0314. The fraction of sp³-hybridized carbons (Fsp3) is 0.211. The second-order valence-electron chi connectivity index (χ2n) is 5.68. The molecule has 0 spiro atoms. The van der Waals surface area contributed by atoms with Crippen LogP contribution in [-0.2, 0) is 0 Å². The molecule has 3 aromatic rings. The molecule has 6 nitrogen and oxygen atoms in total. The Labute approximate surface area is 145 Å². The predicted molar refractivity (Wildman–Crippen MR) is 99.5 cm³/mol. The Balaban J connectivity index is 1.88. The number of ketones is 1. The van der Waals surface area contributed by atoms with E-state index in [9.17, 15) is 4.79 Å². The smallest absolute Gasteiger partial charge is 0.229 e. The Hall–Kier alpha value is -2.99. The number of hydrogen-bond donors (Lipinski definition) is 3. The van der Waals surface area contributed by atoms with Gasteiger partial charge in [0.15, 0.2) is 5.78 Å². The monoisotopic (exact) mass is 336 g/mol. The number of nitrogens with one attached hydrogen (secondary N) is 2. The van der Waals surface area contributed by atoms with Crippen molar-refractivity contribution in [2.45, 2.75) is 13.3 Å². The van der Waals surface area contributed by atoms with Gasteiger partial charge in [0, 0.05) is 29.8 Å². The first-order valence-corrected chi connectivity index (χ1v) is 8.17. The molecule has 0 saturated carbocycles. The summed E-state index contributed by atoms with van der Waals surface area (Å²) in [5.74, 6) is 1.23. The van der Waals surface area contributed by atoms with Crippen LogP contribution in [0, 0.1) is 0 Å². The molecule has 0 unspecified atom stereocenters. The first-order valence-electron chi connectivity index (χ1n) is 8.17. The number of carbonyl (C=O) groups excluding carboxylic acids is 1. The zero-order chi connectivity index (χ0) is 17.6. The van der Waals surface area contributed by atoms with Gasteiger partial charge < -0.3 is 15.7 Å². The number of rotatable bonds is 7. The Kier molecular flexibility index (Phi) is 5.20. The molecule has 1 aromatic heterocycles. The maximum Gasteiger partial charge on any atom is 0.229 e. The van der Waals surface area contributed by atoms with Crippen LogP contribution in [0.3, 0.4) is 0 Å². The van der Waals surface area contributed by atoms with Crippen molar-refractivity contribution in [1.29, 1.82) is 0 Å². The average Bonchev–Trinajstić information content (AvgIpc) is 2.62. The summed E-state index contributed by atoms with van der Waals surface area (Å²) in [6.07, 6.45) is 0.646. The summed E-state index contributed by atoms with van der Waals surface area (Å²) in [5.41, 5.74) is 2.30. The number of aromatic nitrogens is 2. The van der Waals surface area contributed by atoms with Gasteiger partial charge in [0.1, 0.15) is 5.82 Å². The van der Waals surface area contributed by atoms with Crippen molar-refractivity contribution < 1.29 is 9.90 Å². The van der Waals surface area contributed by atoms with E-state index < -0.39 is 0 Å². The van der Waals surface area contributed by atoms with Gasteiger partial charge in [0.05, 0.1) is 5.52 Å². The minimum absolute atomic E-state index is 0.0314. The highest BCUT2D eigenvalue weighted by molar-refractivity contribution is 5.94. The van der Waals surface area contributed by atoms with Gasteiger partial charge in [-0.1, -0.05) is 12.1 Å². The second kappa shape index (κ2) is 7.72. The normalized spacial score (nSPS) is 10.6. The van der Waals surface area contributed by atoms with E-state index in [2.05, 4.69) is 20.6 Å². The highest BCUT2D eigenvalue weighted by atomic mass is 16.3. The molecule has 3 rings (SSSR count). The average molecular weight is 336 g/mol. The van der Waals surface area contributed by atoms with E-state index in [1.807, 2.05) is 36.4 Å². The van der Waals surface area contributed by atoms with Crippen molar-refractivity contribution in [3.8, 4) is 0 Å². The van der Waals surface area contributed by atoms with Gasteiger partial charge in [-0.2, -0.15) is 4.98 Å². The van der Waals surface area contributed by atoms with Gasteiger partial charge in [-0.3, -0.25) is 4.79 Å². The molecule has 0 fully saturated rings. The summed E-state index contributed by atoms with van der Waals surface area (Å²) in [6, 6.07) is 15.0. The maximum atomic E-state index is 11.4. The summed E-state index contributed by atoms with van der Waals surface area (Å²) in [7, 11) is 0. The topological polar surface area (TPSA) is 87.1 Å². The molecule has 2 aromatic carbocycles. The van der Waals surface area contributed by atoms with Crippen LogP contribution in [0.15, 0.2) is 48.5 Å². The third-order valence-corrected chi connectivity index (χ3v) is 3.78. The van der Waals surface area contributed by atoms with Crippen LogP contribution in [0.4, 0.5) is 17.5 Å². The van der Waals surface area contributed by atoms with Crippen molar-refractivity contribution in [2.75, 3.05) is 23.8 Å². The lowest BCUT2D eigenvalue weighted by Crippen LogP contribution is -2.08. The van der Waals surface area contributed by atoms with Crippen LogP contribution < -0.4 is 10.6 Å². The van der Waals surface area contributed by atoms with Crippen LogP contribution in [0.1, 0.15) is 23.7 Å². The number of anilines is 3. The fourth-order valence-corrected chi connectivity index (χ4v) is 2.47. The molecular formula is C19H20N4O2. The van der Waals surface area contributed by atoms with E-state index in [1.165, 1.54) is 0 Å². The lowest BCUT2D eigenvalue weighted by molar-refractivity contribution is 0.101. The van der Waals surface area contributed by atoms with Gasteiger partial charge in [-0.25, -0.2) is 4.98 Å². The van der Waals surface area contributed by atoms with E-state index in [4.69, 9.17) is 5.11 Å². The number of fused-ring (bicyclic) bond motifs is 1. The van der Waals surface area contributed by atoms with Crippen LogP contribution in [0.25, 0.3) is 10.9 Å². The molecule has 0 radical (unpaired) electrons. The molecule has 0 aliphatic rings. The predicted octanol–water partition coefficient (Wildman–Crippen LogP) is 3.37. The van der Waals surface area contributed by atoms with Crippen LogP contribution >= 0.6 is 0 Å². The number of hydrogen-bond acceptors (Lipinski definition) is 6. The molecule has 0 aliphatic heterocycles. The Morgan fingerprint density at radius 2 is 1.84 bits per heavy atom. The van der Waals surface area contributed by atoms with Crippen LogP contribution in [0.2, 0.25) is 0 Å². The number of nitrogens with zero attached hydrogens (tertiary/aromatic N) is 2. The summed E-state index contributed by atoms with van der Waals surface area (Å²) in [6.45, 7) is 2.30. The largest absolute Gasteiger partial charge is 0.396 e. The molecule has 25 heavy (non-hydrogen) atoms. The Bertz CT molecular complexity index is 878. The fourth-order valence-electron chi connectivity index (χ4n) is 2.47. The molecule has 128 valence electrons. The molecule has 0 saturated heterocycles. The summed E-state index contributed by atoms with van der Waals surface area (Å²) in [5, 5.41) is 16.3. The van der Waals surface area contributed by atoms with Gasteiger partial charge in [0.25, 0.3) is 0 Å². The van der Waals surface area contributed by atoms with E-state index in [0.717, 1.165) is 22.4 Å². The lowest BCUT2D eigenvalue weighted by Gasteiger charge is -2.11. The van der Waals surface area contributed by atoms with E-state index in [-0.39, 0.29) is 12.4 Å². The Morgan fingerprint density at radius 3 is 2.56 bits per heavy atom. The van der Waals surface area contributed by atoms with E-state index in [0.29, 0.717) is 24.5 Å². The van der Waals surface area contributed by atoms with Crippen molar-refractivity contribution in [3.63, 3.8) is 0 Å². The zero-order valence-electron chi connectivity index (χ0n) is 14.0. The molecule has 0 aliphatic carbocycles. The summed E-state index contributed by atoms with van der Waals surface area (Å²) in [4.78, 5) is 20.4. The number of carbonyl (C=O) groups is 1.